The number of hydrogen-bond donors (Lipinski definition) is 1. The van der Waals surface area contributed by atoms with Crippen molar-refractivity contribution in [3.8, 4) is 0 Å². The lowest BCUT2D eigenvalue weighted by Gasteiger charge is -2.40. The van der Waals surface area contributed by atoms with Gasteiger partial charge in [0.05, 0.1) is 0 Å². The highest BCUT2D eigenvalue weighted by Gasteiger charge is 2.36. The smallest absolute Gasteiger partial charge is 0.0262 e. The number of nitrogens with one attached hydrogen (secondary N) is 1. The molecule has 0 bridgehead atoms. The van der Waals surface area contributed by atoms with E-state index in [2.05, 4.69) is 34.1 Å². The van der Waals surface area contributed by atoms with Crippen molar-refractivity contribution in [2.45, 2.75) is 37.8 Å². The Morgan fingerprint density at radius 3 is 2.60 bits per heavy atom. The van der Waals surface area contributed by atoms with Gasteiger partial charge in [-0.3, -0.25) is 9.80 Å². The summed E-state index contributed by atoms with van der Waals surface area (Å²) in [6, 6.07) is 1.61. The van der Waals surface area contributed by atoms with Crippen LogP contribution >= 0.6 is 0 Å². The lowest BCUT2D eigenvalue weighted by molar-refractivity contribution is 0.109. The zero-order valence-corrected chi connectivity index (χ0v) is 13.4. The maximum absolute atomic E-state index is 3.63. The summed E-state index contributed by atoms with van der Waals surface area (Å²) in [7, 11) is 4.44. The van der Waals surface area contributed by atoms with E-state index < -0.39 is 0 Å². The SMILES string of the molecule is CN(C)CC1CCNCC1N1CCC(N2CCCC2)C1. The molecule has 3 unspecified atom stereocenters. The molecule has 3 saturated heterocycles. The molecule has 116 valence electrons. The van der Waals surface area contributed by atoms with Crippen molar-refractivity contribution in [3.63, 3.8) is 0 Å². The number of rotatable bonds is 4. The molecular weight excluding hydrogens is 248 g/mol. The Bertz CT molecular complexity index is 301. The number of likely N-dealkylation sites (tertiary alicyclic amines) is 2. The fraction of sp³-hybridized carbons (Fsp3) is 1.00. The third kappa shape index (κ3) is 3.35. The second kappa shape index (κ2) is 6.73. The minimum absolute atomic E-state index is 0.763. The molecule has 0 amide bonds. The largest absolute Gasteiger partial charge is 0.315 e. The lowest BCUT2D eigenvalue weighted by Crippen LogP contribution is -2.53. The molecule has 0 aromatic rings. The highest BCUT2D eigenvalue weighted by atomic mass is 15.3. The van der Waals surface area contributed by atoms with Crippen LogP contribution in [0.4, 0.5) is 0 Å². The molecule has 3 rings (SSSR count). The van der Waals surface area contributed by atoms with E-state index >= 15 is 0 Å². The van der Waals surface area contributed by atoms with E-state index in [9.17, 15) is 0 Å². The molecule has 0 aromatic carbocycles. The Balaban J connectivity index is 1.56. The Morgan fingerprint density at radius 1 is 1.05 bits per heavy atom. The van der Waals surface area contributed by atoms with Crippen LogP contribution in [0.15, 0.2) is 0 Å². The molecule has 4 nitrogen and oxygen atoms in total. The topological polar surface area (TPSA) is 21.8 Å². The number of hydrogen-bond acceptors (Lipinski definition) is 4. The van der Waals surface area contributed by atoms with E-state index in [1.54, 1.807) is 0 Å². The van der Waals surface area contributed by atoms with E-state index in [0.717, 1.165) is 18.0 Å². The molecular formula is C16H32N4. The Labute approximate surface area is 124 Å². The molecule has 20 heavy (non-hydrogen) atoms. The van der Waals surface area contributed by atoms with Gasteiger partial charge >= 0.3 is 0 Å². The van der Waals surface area contributed by atoms with Crippen molar-refractivity contribution in [1.29, 1.82) is 0 Å². The Kier molecular flexibility index (Phi) is 4.97. The molecule has 3 fully saturated rings. The predicted octanol–water partition coefficient (Wildman–Crippen LogP) is 0.696. The first-order valence-corrected chi connectivity index (χ1v) is 8.57. The molecule has 0 aromatic heterocycles. The summed E-state index contributed by atoms with van der Waals surface area (Å²) in [4.78, 5) is 7.91. The van der Waals surface area contributed by atoms with Gasteiger partial charge in [-0.1, -0.05) is 0 Å². The van der Waals surface area contributed by atoms with Gasteiger partial charge in [-0.05, 0) is 65.3 Å². The summed E-state index contributed by atoms with van der Waals surface area (Å²) in [6.45, 7) is 8.99. The monoisotopic (exact) mass is 280 g/mol. The third-order valence-corrected chi connectivity index (χ3v) is 5.51. The van der Waals surface area contributed by atoms with Gasteiger partial charge < -0.3 is 10.2 Å². The second-order valence-electron chi connectivity index (χ2n) is 7.26. The quantitative estimate of drug-likeness (QED) is 0.818. The summed E-state index contributed by atoms with van der Waals surface area (Å²) < 4.78 is 0. The van der Waals surface area contributed by atoms with Crippen molar-refractivity contribution in [1.82, 2.24) is 20.0 Å². The van der Waals surface area contributed by atoms with E-state index in [1.807, 2.05) is 0 Å². The first-order chi connectivity index (χ1) is 9.74. The molecule has 3 heterocycles. The Hall–Kier alpha value is -0.160. The summed E-state index contributed by atoms with van der Waals surface area (Å²) in [5, 5.41) is 3.63. The summed E-state index contributed by atoms with van der Waals surface area (Å²) in [5.74, 6) is 0.851. The van der Waals surface area contributed by atoms with Gasteiger partial charge in [-0.15, -0.1) is 0 Å². The highest BCUT2D eigenvalue weighted by Crippen LogP contribution is 2.26. The summed E-state index contributed by atoms with van der Waals surface area (Å²) in [5.41, 5.74) is 0. The molecule has 0 spiro atoms. The van der Waals surface area contributed by atoms with Crippen LogP contribution in [0.1, 0.15) is 25.7 Å². The van der Waals surface area contributed by atoms with Crippen LogP contribution in [-0.2, 0) is 0 Å². The fourth-order valence-corrected chi connectivity index (χ4v) is 4.48. The van der Waals surface area contributed by atoms with Crippen LogP contribution in [0.25, 0.3) is 0 Å². The van der Waals surface area contributed by atoms with Gasteiger partial charge in [0.25, 0.3) is 0 Å². The van der Waals surface area contributed by atoms with Crippen LogP contribution in [0.2, 0.25) is 0 Å². The van der Waals surface area contributed by atoms with Crippen LogP contribution < -0.4 is 5.32 Å². The zero-order chi connectivity index (χ0) is 13.9. The standard InChI is InChI=1S/C16H32N4/c1-18(2)12-14-5-7-17-11-16(14)20-10-6-15(13-20)19-8-3-4-9-19/h14-17H,3-13H2,1-2H3. The third-order valence-electron chi connectivity index (χ3n) is 5.51. The number of piperidine rings is 1. The van der Waals surface area contributed by atoms with Crippen molar-refractivity contribution in [2.75, 3.05) is 59.9 Å². The lowest BCUT2D eigenvalue weighted by atomic mass is 9.91. The van der Waals surface area contributed by atoms with Crippen LogP contribution in [-0.4, -0.2) is 86.7 Å². The molecule has 0 radical (unpaired) electrons. The van der Waals surface area contributed by atoms with Gasteiger partial charge in [0.15, 0.2) is 0 Å². The van der Waals surface area contributed by atoms with E-state index in [4.69, 9.17) is 0 Å². The van der Waals surface area contributed by atoms with Crippen molar-refractivity contribution < 1.29 is 0 Å². The maximum atomic E-state index is 3.63. The van der Waals surface area contributed by atoms with Crippen molar-refractivity contribution in [3.05, 3.63) is 0 Å². The van der Waals surface area contributed by atoms with Crippen LogP contribution in [0, 0.1) is 5.92 Å². The van der Waals surface area contributed by atoms with Gasteiger partial charge in [-0.2, -0.15) is 0 Å². The molecule has 3 aliphatic rings. The average Bonchev–Trinajstić information content (AvgIpc) is 3.10. The molecule has 0 saturated carbocycles. The number of nitrogens with zero attached hydrogens (tertiary/aromatic N) is 3. The molecule has 3 atom stereocenters. The van der Waals surface area contributed by atoms with Crippen molar-refractivity contribution in [2.24, 2.45) is 5.92 Å². The van der Waals surface area contributed by atoms with Gasteiger partial charge in [-0.25, -0.2) is 0 Å². The van der Waals surface area contributed by atoms with E-state index in [0.29, 0.717) is 0 Å². The normalized spacial score (nSPS) is 37.0. The first-order valence-electron chi connectivity index (χ1n) is 8.57. The summed E-state index contributed by atoms with van der Waals surface area (Å²) in [6.07, 6.45) is 5.58. The zero-order valence-electron chi connectivity index (χ0n) is 13.4. The van der Waals surface area contributed by atoms with Crippen LogP contribution in [0.5, 0.6) is 0 Å². The first kappa shape index (κ1) is 14.8. The van der Waals surface area contributed by atoms with Gasteiger partial charge in [0.2, 0.25) is 0 Å². The minimum atomic E-state index is 0.763. The van der Waals surface area contributed by atoms with Gasteiger partial charge in [0, 0.05) is 38.3 Å². The fourth-order valence-electron chi connectivity index (χ4n) is 4.48. The average molecular weight is 280 g/mol. The van der Waals surface area contributed by atoms with Gasteiger partial charge in [0.1, 0.15) is 0 Å². The van der Waals surface area contributed by atoms with E-state index in [-0.39, 0.29) is 0 Å². The molecule has 0 aliphatic carbocycles. The molecule has 3 aliphatic heterocycles. The predicted molar refractivity (Wildman–Crippen MR) is 84.1 cm³/mol. The minimum Gasteiger partial charge on any atom is -0.315 e. The Morgan fingerprint density at radius 2 is 1.85 bits per heavy atom. The van der Waals surface area contributed by atoms with Crippen molar-refractivity contribution >= 4 is 0 Å². The highest BCUT2D eigenvalue weighted by molar-refractivity contribution is 4.93. The second-order valence-corrected chi connectivity index (χ2v) is 7.26. The summed E-state index contributed by atoms with van der Waals surface area (Å²) >= 11 is 0. The molecule has 1 N–H and O–H groups in total. The maximum Gasteiger partial charge on any atom is 0.0262 e. The van der Waals surface area contributed by atoms with E-state index in [1.165, 1.54) is 71.5 Å². The molecule has 4 heteroatoms. The van der Waals surface area contributed by atoms with Crippen LogP contribution in [0.3, 0.4) is 0 Å².